The van der Waals surface area contributed by atoms with Crippen molar-refractivity contribution in [3.05, 3.63) is 129 Å². The number of amides is 2. The molecule has 0 aromatic heterocycles. The lowest BCUT2D eigenvalue weighted by Crippen LogP contribution is -2.26. The minimum Gasteiger partial charge on any atom is -0.506 e. The molecule has 0 bridgehead atoms. The molecule has 0 heterocycles. The molecule has 63 heavy (non-hydrogen) atoms. The second kappa shape index (κ2) is 21.6. The fourth-order valence-electron chi connectivity index (χ4n) is 8.44. The van der Waals surface area contributed by atoms with Crippen LogP contribution in [0.2, 0.25) is 10.0 Å². The number of fused-ring (bicyclic) bond motifs is 2. The summed E-state index contributed by atoms with van der Waals surface area (Å²) >= 11 is 12.2. The molecule has 2 amide bonds. The Kier molecular flexibility index (Phi) is 15.6. The summed E-state index contributed by atoms with van der Waals surface area (Å²) < 4.78 is 18.3. The van der Waals surface area contributed by atoms with Gasteiger partial charge in [0, 0.05) is 33.1 Å². The molecule has 2 aliphatic carbocycles. The van der Waals surface area contributed by atoms with Gasteiger partial charge in [0.2, 0.25) is 0 Å². The van der Waals surface area contributed by atoms with Gasteiger partial charge in [-0.3, -0.25) is 9.59 Å². The van der Waals surface area contributed by atoms with E-state index in [1.807, 2.05) is 61.5 Å². The normalized spacial score (nSPS) is 14.4. The topological polar surface area (TPSA) is 126 Å². The predicted octanol–water partition coefficient (Wildman–Crippen LogP) is 13.1. The number of aromatic hydroxyl groups is 2. The molecule has 0 aliphatic heterocycles. The maximum absolute atomic E-state index is 13.0. The fourth-order valence-corrected chi connectivity index (χ4v) is 8.77. The molecule has 4 N–H and O–H groups in total. The van der Waals surface area contributed by atoms with Crippen LogP contribution in [0.1, 0.15) is 102 Å². The number of hydrogen-bond donors (Lipinski definition) is 4. The Labute approximate surface area is 379 Å². The summed E-state index contributed by atoms with van der Waals surface area (Å²) in [4.78, 5) is 25.9. The molecule has 330 valence electrons. The second-order valence-corrected chi connectivity index (χ2v) is 17.5. The van der Waals surface area contributed by atoms with Gasteiger partial charge >= 0.3 is 0 Å². The summed E-state index contributed by atoms with van der Waals surface area (Å²) in [5, 5.41) is 30.9. The van der Waals surface area contributed by atoms with Crippen molar-refractivity contribution in [2.45, 2.75) is 90.6 Å². The summed E-state index contributed by atoms with van der Waals surface area (Å²) in [6, 6.07) is 29.1. The van der Waals surface area contributed by atoms with Crippen molar-refractivity contribution in [2.24, 2.45) is 5.92 Å². The first kappa shape index (κ1) is 45.4. The summed E-state index contributed by atoms with van der Waals surface area (Å²) in [5.74, 6) is 1.76. The van der Waals surface area contributed by atoms with Crippen molar-refractivity contribution < 1.29 is 34.0 Å². The van der Waals surface area contributed by atoms with Crippen LogP contribution in [0, 0.1) is 19.8 Å². The molecule has 2 fully saturated rings. The lowest BCUT2D eigenvalue weighted by Gasteiger charge is -2.24. The summed E-state index contributed by atoms with van der Waals surface area (Å²) in [6.07, 6.45) is 12.5. The number of benzene rings is 6. The Bertz CT molecular complexity index is 2550. The standard InChI is InChI=1S/C28H33NO4.C24H23Cl2NO3/c1-19-13-14-25(20(2)17-19)32-16-8-15-29-28(31)24-18-26(33-21-9-4-3-5-10-21)22-11-6-7-12-23(22)27(24)30;25-16-10-11-20(26)21(12-16)27-24(29)19-13-22(30-14-15-6-2-1-3-7-15)17-8-4-5-9-18(17)23(19)28/h6-7,11-14,17-18,21,30H,3-5,8-10,15-16H2,1-2H3,(H,29,31);4-5,8-13,15,28H,1-3,6-7,14H2,(H,27,29). The Hall–Kier alpha value is -5.64. The van der Waals surface area contributed by atoms with Crippen LogP contribution in [0.15, 0.2) is 97.1 Å². The van der Waals surface area contributed by atoms with Crippen LogP contribution in [0.4, 0.5) is 5.69 Å². The molecule has 0 unspecified atom stereocenters. The molecule has 8 rings (SSSR count). The highest BCUT2D eigenvalue weighted by Crippen LogP contribution is 2.39. The minimum absolute atomic E-state index is 0.00868. The molecule has 11 heteroatoms. The number of carbonyl (C=O) groups is 2. The molecule has 6 aromatic rings. The van der Waals surface area contributed by atoms with E-state index < -0.39 is 5.91 Å². The number of ether oxygens (including phenoxy) is 3. The zero-order valence-electron chi connectivity index (χ0n) is 36.0. The van der Waals surface area contributed by atoms with Crippen LogP contribution in [0.25, 0.3) is 21.5 Å². The Morgan fingerprint density at radius 1 is 0.651 bits per heavy atom. The molecule has 6 aromatic carbocycles. The highest BCUT2D eigenvalue weighted by atomic mass is 35.5. The van der Waals surface area contributed by atoms with E-state index in [0.717, 1.165) is 60.6 Å². The van der Waals surface area contributed by atoms with Gasteiger partial charge in [-0.2, -0.15) is 0 Å². The Morgan fingerprint density at radius 2 is 1.25 bits per heavy atom. The van der Waals surface area contributed by atoms with Crippen LogP contribution >= 0.6 is 23.2 Å². The molecule has 0 spiro atoms. The van der Waals surface area contributed by atoms with Gasteiger partial charge in [0.05, 0.1) is 41.2 Å². The molecule has 0 saturated heterocycles. The van der Waals surface area contributed by atoms with Crippen LogP contribution in [0.3, 0.4) is 0 Å². The van der Waals surface area contributed by atoms with Gasteiger partial charge in [-0.1, -0.05) is 115 Å². The molecule has 2 saturated carbocycles. The van der Waals surface area contributed by atoms with E-state index >= 15 is 0 Å². The van der Waals surface area contributed by atoms with Gasteiger partial charge < -0.3 is 35.1 Å². The van der Waals surface area contributed by atoms with Gasteiger partial charge in [-0.25, -0.2) is 0 Å². The number of aryl methyl sites for hydroxylation is 2. The van der Waals surface area contributed by atoms with Crippen LogP contribution < -0.4 is 24.8 Å². The monoisotopic (exact) mass is 890 g/mol. The Morgan fingerprint density at radius 3 is 1.92 bits per heavy atom. The first-order valence-electron chi connectivity index (χ1n) is 22.1. The van der Waals surface area contributed by atoms with E-state index in [1.54, 1.807) is 36.4 Å². The van der Waals surface area contributed by atoms with E-state index in [1.165, 1.54) is 31.2 Å². The van der Waals surface area contributed by atoms with E-state index in [9.17, 15) is 19.8 Å². The third-order valence-corrected chi connectivity index (χ3v) is 12.4. The number of phenolic OH excluding ortho intramolecular Hbond substituents is 2. The van der Waals surface area contributed by atoms with E-state index in [-0.39, 0.29) is 34.6 Å². The highest BCUT2D eigenvalue weighted by molar-refractivity contribution is 6.36. The number of anilines is 1. The fraction of sp³-hybridized carbons (Fsp3) is 0.346. The van der Waals surface area contributed by atoms with Gasteiger partial charge in [0.1, 0.15) is 28.7 Å². The number of halogens is 2. The third kappa shape index (κ3) is 11.7. The minimum atomic E-state index is -0.482. The quantitative estimate of drug-likeness (QED) is 0.0851. The number of carbonyl (C=O) groups excluding carboxylic acids is 2. The molecule has 2 aliphatic rings. The number of phenols is 2. The van der Waals surface area contributed by atoms with E-state index in [0.29, 0.717) is 70.1 Å². The van der Waals surface area contributed by atoms with Gasteiger partial charge in [0.15, 0.2) is 0 Å². The van der Waals surface area contributed by atoms with E-state index in [2.05, 4.69) is 23.6 Å². The van der Waals surface area contributed by atoms with Gasteiger partial charge in [-0.05, 0) is 107 Å². The highest BCUT2D eigenvalue weighted by Gasteiger charge is 2.23. The van der Waals surface area contributed by atoms with Crippen molar-refractivity contribution in [3.8, 4) is 28.7 Å². The maximum Gasteiger partial charge on any atom is 0.259 e. The SMILES string of the molecule is Cc1ccc(OCCCNC(=O)c2cc(OC3CCCCC3)c3ccccc3c2O)c(C)c1.O=C(Nc1cc(Cl)ccc1Cl)c1cc(OCC2CCCCC2)c2ccccc2c1O. The average Bonchev–Trinajstić information content (AvgIpc) is 3.29. The molecular weight excluding hydrogens is 835 g/mol. The van der Waals surface area contributed by atoms with Crippen molar-refractivity contribution in [1.29, 1.82) is 0 Å². The first-order valence-corrected chi connectivity index (χ1v) is 22.8. The van der Waals surface area contributed by atoms with Crippen LogP contribution in [-0.4, -0.2) is 47.9 Å². The number of rotatable bonds is 13. The average molecular weight is 892 g/mol. The van der Waals surface area contributed by atoms with Crippen LogP contribution in [0.5, 0.6) is 28.7 Å². The van der Waals surface area contributed by atoms with Crippen molar-refractivity contribution in [1.82, 2.24) is 5.32 Å². The lowest BCUT2D eigenvalue weighted by atomic mass is 9.90. The molecule has 0 radical (unpaired) electrons. The lowest BCUT2D eigenvalue weighted by molar-refractivity contribution is 0.0946. The number of hydrogen-bond acceptors (Lipinski definition) is 7. The van der Waals surface area contributed by atoms with Gasteiger partial charge in [-0.15, -0.1) is 0 Å². The van der Waals surface area contributed by atoms with E-state index in [4.69, 9.17) is 37.4 Å². The third-order valence-electron chi connectivity index (χ3n) is 11.9. The first-order chi connectivity index (χ1) is 30.5. The van der Waals surface area contributed by atoms with Crippen molar-refractivity contribution >= 4 is 62.2 Å². The molecular formula is C52H56Cl2N2O7. The maximum atomic E-state index is 13.0. The zero-order chi connectivity index (χ0) is 44.3. The second-order valence-electron chi connectivity index (χ2n) is 16.6. The summed E-state index contributed by atoms with van der Waals surface area (Å²) in [6.45, 7) is 5.65. The summed E-state index contributed by atoms with van der Waals surface area (Å²) in [7, 11) is 0. The van der Waals surface area contributed by atoms with Crippen molar-refractivity contribution in [2.75, 3.05) is 25.1 Å². The van der Waals surface area contributed by atoms with Crippen molar-refractivity contribution in [3.63, 3.8) is 0 Å². The largest absolute Gasteiger partial charge is 0.506 e. The zero-order valence-corrected chi connectivity index (χ0v) is 37.5. The summed E-state index contributed by atoms with van der Waals surface area (Å²) in [5.41, 5.74) is 3.06. The van der Waals surface area contributed by atoms with Crippen LogP contribution in [-0.2, 0) is 0 Å². The predicted molar refractivity (Wildman–Crippen MR) is 254 cm³/mol. The molecule has 9 nitrogen and oxygen atoms in total. The van der Waals surface area contributed by atoms with Gasteiger partial charge in [0.25, 0.3) is 11.8 Å². The molecule has 0 atom stereocenters. The number of nitrogens with one attached hydrogen (secondary N) is 2. The Balaban J connectivity index is 0.000000190. The smallest absolute Gasteiger partial charge is 0.259 e.